The van der Waals surface area contributed by atoms with Gasteiger partial charge >= 0.3 is 0 Å². The smallest absolute Gasteiger partial charge is 0.237 e. The van der Waals surface area contributed by atoms with E-state index in [1.807, 2.05) is 13.8 Å². The normalized spacial score (nSPS) is 11.8. The van der Waals surface area contributed by atoms with Gasteiger partial charge in [0.05, 0.1) is 6.04 Å². The third kappa shape index (κ3) is 6.47. The van der Waals surface area contributed by atoms with E-state index >= 15 is 0 Å². The van der Waals surface area contributed by atoms with Crippen molar-refractivity contribution < 1.29 is 4.79 Å². The van der Waals surface area contributed by atoms with E-state index in [0.717, 1.165) is 25.8 Å². The number of nitrogens with one attached hydrogen (secondary N) is 2. The molecule has 3 heteroatoms. The minimum absolute atomic E-state index is 0.0816. The molecule has 0 saturated heterocycles. The maximum Gasteiger partial charge on any atom is 0.237 e. The first-order chi connectivity index (χ1) is 7.65. The Morgan fingerprint density at radius 1 is 1.31 bits per heavy atom. The maximum atomic E-state index is 11.7. The van der Waals surface area contributed by atoms with Crippen LogP contribution in [0.15, 0.2) is 0 Å². The van der Waals surface area contributed by atoms with E-state index in [1.54, 1.807) is 0 Å². The second-order valence-electron chi connectivity index (χ2n) is 3.87. The molecule has 0 aromatic heterocycles. The molecule has 1 amide bonds. The highest BCUT2D eigenvalue weighted by Crippen LogP contribution is 1.96. The van der Waals surface area contributed by atoms with E-state index in [4.69, 9.17) is 0 Å². The van der Waals surface area contributed by atoms with E-state index in [1.165, 1.54) is 0 Å². The fourth-order valence-electron chi connectivity index (χ4n) is 1.39. The summed E-state index contributed by atoms with van der Waals surface area (Å²) in [6.07, 6.45) is 2.76. The lowest BCUT2D eigenvalue weighted by molar-refractivity contribution is -0.123. The SMILES string of the molecule is CC#CCCNC(C)C(=O)NC(CC)CC. The molecule has 0 aliphatic heterocycles. The van der Waals surface area contributed by atoms with Crippen molar-refractivity contribution in [3.8, 4) is 11.8 Å². The zero-order valence-corrected chi connectivity index (χ0v) is 10.9. The van der Waals surface area contributed by atoms with E-state index in [9.17, 15) is 4.79 Å². The molecule has 0 saturated carbocycles. The molecule has 0 fully saturated rings. The van der Waals surface area contributed by atoms with Gasteiger partial charge in [-0.15, -0.1) is 11.8 Å². The monoisotopic (exact) mass is 224 g/mol. The van der Waals surface area contributed by atoms with Crippen molar-refractivity contribution in [2.45, 2.75) is 59.0 Å². The Kier molecular flexibility index (Phi) is 8.65. The summed E-state index contributed by atoms with van der Waals surface area (Å²) in [4.78, 5) is 11.7. The molecule has 0 bridgehead atoms. The summed E-state index contributed by atoms with van der Waals surface area (Å²) in [6.45, 7) is 8.64. The standard InChI is InChI=1S/C13H24N2O/c1-5-8-9-10-14-11(4)13(16)15-12(6-2)7-3/h11-12,14H,6-7,9-10H2,1-4H3,(H,15,16). The van der Waals surface area contributed by atoms with Crippen LogP contribution in [0.1, 0.15) is 47.0 Å². The Balaban J connectivity index is 3.83. The van der Waals surface area contributed by atoms with E-state index in [-0.39, 0.29) is 11.9 Å². The molecule has 0 aromatic carbocycles. The molecular weight excluding hydrogens is 200 g/mol. The molecule has 3 nitrogen and oxygen atoms in total. The lowest BCUT2D eigenvalue weighted by Crippen LogP contribution is -2.46. The zero-order valence-electron chi connectivity index (χ0n) is 10.9. The van der Waals surface area contributed by atoms with Crippen molar-refractivity contribution in [3.05, 3.63) is 0 Å². The van der Waals surface area contributed by atoms with Gasteiger partial charge in [-0.3, -0.25) is 4.79 Å². The molecule has 0 aliphatic carbocycles. The Morgan fingerprint density at radius 3 is 2.44 bits per heavy atom. The molecular formula is C13H24N2O. The van der Waals surface area contributed by atoms with Crippen molar-refractivity contribution in [1.82, 2.24) is 10.6 Å². The summed E-state index contributed by atoms with van der Waals surface area (Å²) in [5.41, 5.74) is 0. The van der Waals surface area contributed by atoms with Crippen LogP contribution in [0.5, 0.6) is 0 Å². The average molecular weight is 224 g/mol. The lowest BCUT2D eigenvalue weighted by Gasteiger charge is -2.18. The highest BCUT2D eigenvalue weighted by atomic mass is 16.2. The fraction of sp³-hybridized carbons (Fsp3) is 0.769. The van der Waals surface area contributed by atoms with Gasteiger partial charge in [-0.1, -0.05) is 13.8 Å². The van der Waals surface area contributed by atoms with Gasteiger partial charge in [-0.25, -0.2) is 0 Å². The largest absolute Gasteiger partial charge is 0.352 e. The van der Waals surface area contributed by atoms with Gasteiger partial charge < -0.3 is 10.6 Å². The third-order valence-corrected chi connectivity index (χ3v) is 2.60. The molecule has 2 N–H and O–H groups in total. The van der Waals surface area contributed by atoms with Crippen LogP contribution in [0.3, 0.4) is 0 Å². The highest BCUT2D eigenvalue weighted by Gasteiger charge is 2.14. The van der Waals surface area contributed by atoms with Gasteiger partial charge in [0.25, 0.3) is 0 Å². The Morgan fingerprint density at radius 2 is 1.94 bits per heavy atom. The van der Waals surface area contributed by atoms with Crippen LogP contribution in [0.4, 0.5) is 0 Å². The lowest BCUT2D eigenvalue weighted by atomic mass is 10.1. The summed E-state index contributed by atoms with van der Waals surface area (Å²) in [6, 6.07) is 0.159. The number of carbonyl (C=O) groups is 1. The number of hydrogen-bond donors (Lipinski definition) is 2. The first-order valence-corrected chi connectivity index (χ1v) is 6.09. The topological polar surface area (TPSA) is 41.1 Å². The Labute approximate surface area is 99.4 Å². The quantitative estimate of drug-likeness (QED) is 0.510. The minimum atomic E-state index is -0.140. The van der Waals surface area contributed by atoms with Crippen LogP contribution in [-0.2, 0) is 4.79 Å². The average Bonchev–Trinajstić information content (AvgIpc) is 2.30. The zero-order chi connectivity index (χ0) is 12.4. The Hall–Kier alpha value is -1.01. The van der Waals surface area contributed by atoms with Crippen molar-refractivity contribution in [1.29, 1.82) is 0 Å². The highest BCUT2D eigenvalue weighted by molar-refractivity contribution is 5.81. The van der Waals surface area contributed by atoms with Crippen molar-refractivity contribution in [3.63, 3.8) is 0 Å². The van der Waals surface area contributed by atoms with Crippen molar-refractivity contribution >= 4 is 5.91 Å². The van der Waals surface area contributed by atoms with Gasteiger partial charge in [0.1, 0.15) is 0 Å². The van der Waals surface area contributed by atoms with Crippen LogP contribution in [0, 0.1) is 11.8 Å². The molecule has 0 rings (SSSR count). The predicted octanol–water partition coefficient (Wildman–Crippen LogP) is 1.68. The van der Waals surface area contributed by atoms with Crippen LogP contribution >= 0.6 is 0 Å². The molecule has 0 radical (unpaired) electrons. The summed E-state index contributed by atoms with van der Waals surface area (Å²) in [7, 11) is 0. The number of amides is 1. The van der Waals surface area contributed by atoms with Crippen LogP contribution < -0.4 is 10.6 Å². The first-order valence-electron chi connectivity index (χ1n) is 6.09. The molecule has 0 aromatic rings. The van der Waals surface area contributed by atoms with Crippen molar-refractivity contribution in [2.24, 2.45) is 0 Å². The third-order valence-electron chi connectivity index (χ3n) is 2.60. The molecule has 92 valence electrons. The van der Waals surface area contributed by atoms with Gasteiger partial charge in [0, 0.05) is 19.0 Å². The van der Waals surface area contributed by atoms with Crippen LogP contribution in [-0.4, -0.2) is 24.5 Å². The van der Waals surface area contributed by atoms with E-state index < -0.39 is 0 Å². The van der Waals surface area contributed by atoms with Crippen LogP contribution in [0.2, 0.25) is 0 Å². The van der Waals surface area contributed by atoms with Crippen LogP contribution in [0.25, 0.3) is 0 Å². The summed E-state index contributed by atoms with van der Waals surface area (Å²) >= 11 is 0. The summed E-state index contributed by atoms with van der Waals surface area (Å²) < 4.78 is 0. The predicted molar refractivity (Wildman–Crippen MR) is 68.0 cm³/mol. The molecule has 16 heavy (non-hydrogen) atoms. The molecule has 1 atom stereocenters. The fourth-order valence-corrected chi connectivity index (χ4v) is 1.39. The Bertz CT molecular complexity index is 248. The van der Waals surface area contributed by atoms with Gasteiger partial charge in [-0.2, -0.15) is 0 Å². The first kappa shape index (κ1) is 15.0. The summed E-state index contributed by atoms with van der Waals surface area (Å²) in [5, 5.41) is 6.18. The number of rotatable bonds is 7. The minimum Gasteiger partial charge on any atom is -0.352 e. The summed E-state index contributed by atoms with van der Waals surface area (Å²) in [5.74, 6) is 5.87. The van der Waals surface area contributed by atoms with Gasteiger partial charge in [0.15, 0.2) is 0 Å². The number of hydrogen-bond acceptors (Lipinski definition) is 2. The second kappa shape index (κ2) is 9.23. The molecule has 0 heterocycles. The van der Waals surface area contributed by atoms with Crippen molar-refractivity contribution in [2.75, 3.05) is 6.54 Å². The van der Waals surface area contributed by atoms with Gasteiger partial charge in [-0.05, 0) is 26.7 Å². The van der Waals surface area contributed by atoms with E-state index in [0.29, 0.717) is 6.04 Å². The molecule has 1 unspecified atom stereocenters. The molecule has 0 spiro atoms. The van der Waals surface area contributed by atoms with Gasteiger partial charge in [0.2, 0.25) is 5.91 Å². The van der Waals surface area contributed by atoms with E-state index in [2.05, 4.69) is 36.3 Å². The molecule has 0 aliphatic rings. The maximum absolute atomic E-state index is 11.7. The number of carbonyl (C=O) groups excluding carboxylic acids is 1. The second-order valence-corrected chi connectivity index (χ2v) is 3.87.